The number of allylic oxidation sites excluding steroid dienone is 1. The van der Waals surface area contributed by atoms with Gasteiger partial charge in [-0.2, -0.15) is 5.26 Å². The molecular formula is C36H36N6O5. The van der Waals surface area contributed by atoms with Gasteiger partial charge in [-0.3, -0.25) is 20.1 Å². The fourth-order valence-corrected chi connectivity index (χ4v) is 5.59. The van der Waals surface area contributed by atoms with Crippen molar-refractivity contribution in [1.82, 2.24) is 20.2 Å². The molecule has 2 aromatic heterocycles. The number of aliphatic hydroxyl groups excluding tert-OH is 2. The van der Waals surface area contributed by atoms with Crippen LogP contribution in [0.15, 0.2) is 84.5 Å². The molecule has 1 atom stereocenters. The van der Waals surface area contributed by atoms with Crippen LogP contribution in [0.25, 0.3) is 22.0 Å². The summed E-state index contributed by atoms with van der Waals surface area (Å²) in [5, 5.41) is 40.7. The number of carbonyl (C=O) groups is 1. The van der Waals surface area contributed by atoms with Crippen LogP contribution in [0.5, 0.6) is 11.6 Å². The van der Waals surface area contributed by atoms with Crippen LogP contribution in [0, 0.1) is 30.6 Å². The number of hydrogen-bond acceptors (Lipinski definition) is 10. The highest BCUT2D eigenvalue weighted by molar-refractivity contribution is 5.96. The lowest BCUT2D eigenvalue weighted by Crippen LogP contribution is -2.21. The smallest absolute Gasteiger partial charge is 0.246 e. The highest BCUT2D eigenvalue weighted by Crippen LogP contribution is 2.36. The number of aromatic nitrogens is 2. The summed E-state index contributed by atoms with van der Waals surface area (Å²) in [5.74, 6) is 0.850. The summed E-state index contributed by atoms with van der Waals surface area (Å²) in [6.45, 7) is 5.91. The number of carbonyl (C=O) groups excluding carboxylic acids is 1. The fraction of sp³-hybridized carbons (Fsp3) is 0.250. The van der Waals surface area contributed by atoms with E-state index in [1.54, 1.807) is 12.3 Å². The predicted octanol–water partition coefficient (Wildman–Crippen LogP) is 5.03. The highest BCUT2D eigenvalue weighted by atomic mass is 16.5. The molecule has 11 heteroatoms. The van der Waals surface area contributed by atoms with Crippen LogP contribution in [0.1, 0.15) is 35.1 Å². The van der Waals surface area contributed by atoms with Gasteiger partial charge in [0, 0.05) is 55.8 Å². The molecule has 1 unspecified atom stereocenters. The standard InChI is InChI=1S/C36H36N6O5/c1-23-29(6-3-8-31(23)35(38)46-33(10-5-15-43)27(17-37)19-39-22-44)30-7-4-9-32(24(30)2)47-36-34-26(11-13-40-36)16-25(18-41-34)20-42-14-12-28(45)21-42/h3-4,6-11,13,16,18-19,22,28,38,43,45H,5,12,14-15,20-21H2,1-2H3,(H,39,44)/b27-19-,33-10+,38-35?. The number of benzene rings is 2. The van der Waals surface area contributed by atoms with E-state index in [1.165, 1.54) is 12.3 Å². The van der Waals surface area contributed by atoms with Gasteiger partial charge < -0.3 is 25.0 Å². The van der Waals surface area contributed by atoms with Gasteiger partial charge in [-0.1, -0.05) is 24.3 Å². The number of aliphatic hydroxyl groups is 2. The zero-order chi connectivity index (χ0) is 33.3. The second kappa shape index (κ2) is 15.2. The Balaban J connectivity index is 1.41. The van der Waals surface area contributed by atoms with Gasteiger partial charge in [-0.05, 0) is 84.8 Å². The Kier molecular flexibility index (Phi) is 10.7. The number of ether oxygens (including phenoxy) is 2. The van der Waals surface area contributed by atoms with Gasteiger partial charge in [-0.25, -0.2) is 4.98 Å². The summed E-state index contributed by atoms with van der Waals surface area (Å²) < 4.78 is 12.2. The van der Waals surface area contributed by atoms with Crippen molar-refractivity contribution in [1.29, 1.82) is 10.7 Å². The van der Waals surface area contributed by atoms with Gasteiger partial charge in [0.05, 0.1) is 6.10 Å². The summed E-state index contributed by atoms with van der Waals surface area (Å²) in [4.78, 5) is 22.2. The van der Waals surface area contributed by atoms with Crippen LogP contribution < -0.4 is 10.1 Å². The van der Waals surface area contributed by atoms with Gasteiger partial charge in [-0.15, -0.1) is 0 Å². The van der Waals surface area contributed by atoms with Crippen molar-refractivity contribution in [2.45, 2.75) is 39.3 Å². The Morgan fingerprint density at radius 2 is 1.96 bits per heavy atom. The molecule has 4 aromatic rings. The molecule has 4 N–H and O–H groups in total. The number of rotatable bonds is 12. The predicted molar refractivity (Wildman–Crippen MR) is 177 cm³/mol. The monoisotopic (exact) mass is 632 g/mol. The number of nitrogens with zero attached hydrogens (tertiary/aromatic N) is 4. The molecule has 11 nitrogen and oxygen atoms in total. The molecule has 1 fully saturated rings. The Morgan fingerprint density at radius 1 is 1.17 bits per heavy atom. The molecule has 0 spiro atoms. The van der Waals surface area contributed by atoms with Crippen molar-refractivity contribution < 1.29 is 24.5 Å². The minimum absolute atomic E-state index is 0.00369. The van der Waals surface area contributed by atoms with Gasteiger partial charge in [0.15, 0.2) is 0 Å². The molecule has 3 heterocycles. The molecule has 0 bridgehead atoms. The molecule has 1 aliphatic rings. The van der Waals surface area contributed by atoms with Gasteiger partial charge in [0.25, 0.3) is 0 Å². The highest BCUT2D eigenvalue weighted by Gasteiger charge is 2.21. The summed E-state index contributed by atoms with van der Waals surface area (Å²) in [6.07, 6.45) is 7.34. The van der Waals surface area contributed by atoms with Crippen LogP contribution in [0.3, 0.4) is 0 Å². The van der Waals surface area contributed by atoms with E-state index in [0.29, 0.717) is 42.2 Å². The molecular weight excluding hydrogens is 596 g/mol. The minimum atomic E-state index is -0.275. The van der Waals surface area contributed by atoms with Crippen LogP contribution in [0.2, 0.25) is 0 Å². The first kappa shape index (κ1) is 33.0. The van der Waals surface area contributed by atoms with Crippen molar-refractivity contribution in [3.05, 3.63) is 107 Å². The number of nitriles is 1. The first-order chi connectivity index (χ1) is 22.8. The molecule has 0 radical (unpaired) electrons. The summed E-state index contributed by atoms with van der Waals surface area (Å²) in [5.41, 5.74) is 5.59. The molecule has 1 aliphatic heterocycles. The molecule has 1 amide bonds. The number of fused-ring (bicyclic) bond motifs is 1. The molecule has 1 saturated heterocycles. The van der Waals surface area contributed by atoms with E-state index in [0.717, 1.165) is 46.2 Å². The molecule has 47 heavy (non-hydrogen) atoms. The summed E-state index contributed by atoms with van der Waals surface area (Å²) in [7, 11) is 0. The SMILES string of the molecule is Cc1c(Oc2nccc3cc(CN4CCC(O)C4)cnc23)cccc1-c1cccc(C(=N)OC(=C/CCO)/C(C#N)=C\NC=O)c1C. The van der Waals surface area contributed by atoms with Gasteiger partial charge in [0.2, 0.25) is 18.2 Å². The molecule has 240 valence electrons. The molecule has 0 saturated carbocycles. The van der Waals surface area contributed by atoms with Crippen LogP contribution in [-0.2, 0) is 16.1 Å². The fourth-order valence-electron chi connectivity index (χ4n) is 5.59. The Hall–Kier alpha value is -5.41. The summed E-state index contributed by atoms with van der Waals surface area (Å²) >= 11 is 0. The topological polar surface area (TPSA) is 165 Å². The third-order valence-electron chi connectivity index (χ3n) is 7.99. The first-order valence-electron chi connectivity index (χ1n) is 15.2. The van der Waals surface area contributed by atoms with Crippen molar-refractivity contribution in [2.24, 2.45) is 0 Å². The van der Waals surface area contributed by atoms with Crippen LogP contribution >= 0.6 is 0 Å². The number of hydrogen-bond donors (Lipinski definition) is 4. The minimum Gasteiger partial charge on any atom is -0.438 e. The largest absolute Gasteiger partial charge is 0.438 e. The van der Waals surface area contributed by atoms with Crippen molar-refractivity contribution >= 4 is 23.2 Å². The zero-order valence-electron chi connectivity index (χ0n) is 26.2. The number of amides is 1. The van der Waals surface area contributed by atoms with Crippen molar-refractivity contribution in [3.63, 3.8) is 0 Å². The number of pyridine rings is 2. The Labute approximate surface area is 272 Å². The average molecular weight is 633 g/mol. The van der Waals surface area contributed by atoms with Crippen LogP contribution in [0.4, 0.5) is 0 Å². The summed E-state index contributed by atoms with van der Waals surface area (Å²) in [6, 6.07) is 17.2. The van der Waals surface area contributed by atoms with E-state index in [9.17, 15) is 20.3 Å². The van der Waals surface area contributed by atoms with E-state index in [-0.39, 0.29) is 36.4 Å². The van der Waals surface area contributed by atoms with Crippen LogP contribution in [-0.4, -0.2) is 63.2 Å². The van der Waals surface area contributed by atoms with E-state index in [2.05, 4.69) is 21.3 Å². The number of nitrogens with one attached hydrogen (secondary N) is 2. The van der Waals surface area contributed by atoms with E-state index < -0.39 is 0 Å². The lowest BCUT2D eigenvalue weighted by Gasteiger charge is -2.17. The van der Waals surface area contributed by atoms with Crippen molar-refractivity contribution in [3.8, 4) is 28.8 Å². The second-order valence-corrected chi connectivity index (χ2v) is 11.2. The van der Waals surface area contributed by atoms with Gasteiger partial charge in [0.1, 0.15) is 28.7 Å². The van der Waals surface area contributed by atoms with Crippen molar-refractivity contribution in [2.75, 3.05) is 19.7 Å². The zero-order valence-corrected chi connectivity index (χ0v) is 26.2. The molecule has 5 rings (SSSR count). The normalized spacial score (nSPS) is 15.3. The maximum absolute atomic E-state index is 10.8. The van der Waals surface area contributed by atoms with E-state index >= 15 is 0 Å². The van der Waals surface area contributed by atoms with Gasteiger partial charge >= 0.3 is 0 Å². The van der Waals surface area contributed by atoms with E-state index in [1.807, 2.05) is 62.5 Å². The third kappa shape index (κ3) is 7.70. The number of β-amino-alcohol motifs (C(OH)–C–C–N with tert-alkyl or cyclic N) is 1. The maximum Gasteiger partial charge on any atom is 0.246 e. The quantitative estimate of drug-likeness (QED) is 0.0418. The lowest BCUT2D eigenvalue weighted by atomic mass is 9.93. The lowest BCUT2D eigenvalue weighted by molar-refractivity contribution is -0.108. The number of likely N-dealkylation sites (tertiary alicyclic amines) is 1. The Morgan fingerprint density at radius 3 is 2.68 bits per heavy atom. The average Bonchev–Trinajstić information content (AvgIpc) is 3.48. The Bertz CT molecular complexity index is 1900. The van der Waals surface area contributed by atoms with E-state index in [4.69, 9.17) is 19.9 Å². The first-order valence-corrected chi connectivity index (χ1v) is 15.2. The molecule has 2 aromatic carbocycles. The second-order valence-electron chi connectivity index (χ2n) is 11.2. The maximum atomic E-state index is 10.8. The molecule has 0 aliphatic carbocycles. The third-order valence-corrected chi connectivity index (χ3v) is 7.99.